The van der Waals surface area contributed by atoms with Gasteiger partial charge in [0.05, 0.1) is 30.5 Å². The summed E-state index contributed by atoms with van der Waals surface area (Å²) in [7, 11) is 5.18. The number of carbonyl (C=O) groups excluding carboxylic acids is 3. The summed E-state index contributed by atoms with van der Waals surface area (Å²) in [6.07, 6.45) is 0.546. The van der Waals surface area contributed by atoms with Crippen molar-refractivity contribution < 1.29 is 47.5 Å². The summed E-state index contributed by atoms with van der Waals surface area (Å²) < 4.78 is 41.8. The van der Waals surface area contributed by atoms with Gasteiger partial charge in [-0.2, -0.15) is 5.26 Å². The number of nitrogens with zero attached hydrogens (tertiary/aromatic N) is 3. The fourth-order valence-corrected chi connectivity index (χ4v) is 10.1. The summed E-state index contributed by atoms with van der Waals surface area (Å²) in [6, 6.07) is 1.32. The molecule has 4 bridgehead atoms. The Morgan fingerprint density at radius 2 is 1.84 bits per heavy atom. The van der Waals surface area contributed by atoms with Gasteiger partial charge in [0, 0.05) is 61.0 Å². The van der Waals surface area contributed by atoms with Crippen molar-refractivity contribution in [3.05, 3.63) is 39.4 Å². The van der Waals surface area contributed by atoms with Gasteiger partial charge < -0.3 is 38.5 Å². The predicted molar refractivity (Wildman–Crippen MR) is 178 cm³/mol. The molecule has 14 nitrogen and oxygen atoms in total. The molecule has 266 valence electrons. The lowest BCUT2D eigenvalue weighted by molar-refractivity contribution is -0.152. The zero-order valence-corrected chi connectivity index (χ0v) is 29.8. The van der Waals surface area contributed by atoms with E-state index in [9.17, 15) is 19.6 Å². The molecule has 2 fully saturated rings. The van der Waals surface area contributed by atoms with Gasteiger partial charge in [0.15, 0.2) is 29.8 Å². The van der Waals surface area contributed by atoms with Crippen LogP contribution in [0.1, 0.15) is 64.6 Å². The molecule has 7 rings (SSSR count). The number of nitriles is 1. The average Bonchev–Trinajstić information content (AvgIpc) is 3.56. The van der Waals surface area contributed by atoms with E-state index in [-0.39, 0.29) is 43.9 Å². The molecule has 0 saturated carbocycles. The van der Waals surface area contributed by atoms with Gasteiger partial charge in [-0.3, -0.25) is 19.4 Å². The molecule has 0 aromatic heterocycles. The molecular weight excluding hydrogens is 668 g/mol. The highest BCUT2D eigenvalue weighted by atomic mass is 32.2. The predicted octanol–water partition coefficient (Wildman–Crippen LogP) is 3.01. The average molecular weight is 709 g/mol. The Labute approximate surface area is 294 Å². The van der Waals surface area contributed by atoms with Crippen LogP contribution < -0.4 is 29.0 Å². The standard InChI is InChI=1S/C35H40N4O10S/c1-15-8-19-9-21-22(10-36)39-23-11-45-35(42)20(37-17(3)40)12-50-34(26-25(23)33-31(47-14-48-33)16(2)30(26)49-18(4)41)28(39)27(38(21)5)24(19)32(29(15)44-7)46-13-43-6/h8,20-23,27-28,34H,9,11-14H2,1-7H3,(H,37,40)/t20?,21-,22-,23-,27+,28?,34+/m0/s1. The Balaban J connectivity index is 1.54. The minimum absolute atomic E-state index is 0.0153. The number of likely N-dealkylation sites (N-methyl/N-ethyl adjacent to an activating group) is 1. The number of benzene rings is 2. The fourth-order valence-electron chi connectivity index (χ4n) is 8.55. The molecule has 15 heteroatoms. The van der Waals surface area contributed by atoms with Crippen LogP contribution in [0, 0.1) is 25.2 Å². The van der Waals surface area contributed by atoms with Crippen LogP contribution >= 0.6 is 11.8 Å². The maximum atomic E-state index is 13.5. The van der Waals surface area contributed by atoms with Crippen LogP contribution in [0.15, 0.2) is 6.07 Å². The second-order valence-corrected chi connectivity index (χ2v) is 14.3. The van der Waals surface area contributed by atoms with Crippen LogP contribution in [0.3, 0.4) is 0 Å². The second kappa shape index (κ2) is 13.1. The molecule has 2 unspecified atom stereocenters. The Kier molecular flexibility index (Phi) is 9.00. The van der Waals surface area contributed by atoms with Gasteiger partial charge >= 0.3 is 11.9 Å². The van der Waals surface area contributed by atoms with Crippen molar-refractivity contribution in [1.82, 2.24) is 15.1 Å². The summed E-state index contributed by atoms with van der Waals surface area (Å²) in [4.78, 5) is 42.9. The Hall–Kier alpha value is -4.23. The van der Waals surface area contributed by atoms with E-state index < -0.39 is 41.4 Å². The SMILES string of the molecule is COCOc1c(OC)c(C)cc2c1[C@@H]1C3[C@@H]4SCC(NC(C)=O)C(=O)OC[C@@H](c5c6c(c(C)c(OC(C)=O)c54)OCO6)N3[C@@H](C#N)[C@H](C2)N1C. The number of cyclic esters (lactones) is 1. The van der Waals surface area contributed by atoms with Crippen LogP contribution in [-0.4, -0.2) is 99.0 Å². The van der Waals surface area contributed by atoms with E-state index in [4.69, 9.17) is 33.2 Å². The number of amides is 1. The largest absolute Gasteiger partial charge is 0.493 e. The molecule has 5 aliphatic heterocycles. The molecule has 5 heterocycles. The lowest BCUT2D eigenvalue weighted by Crippen LogP contribution is -2.69. The molecule has 2 aromatic carbocycles. The Morgan fingerprint density at radius 1 is 1.08 bits per heavy atom. The molecule has 0 radical (unpaired) electrons. The first-order valence-electron chi connectivity index (χ1n) is 16.4. The zero-order valence-electron chi connectivity index (χ0n) is 29.0. The highest BCUT2D eigenvalue weighted by molar-refractivity contribution is 7.99. The third-order valence-electron chi connectivity index (χ3n) is 10.3. The number of ether oxygens (including phenoxy) is 7. The molecule has 0 aliphatic carbocycles. The fraction of sp³-hybridized carbons (Fsp3) is 0.543. The number of hydrogen-bond donors (Lipinski definition) is 1. The molecule has 0 spiro atoms. The van der Waals surface area contributed by atoms with Gasteiger partial charge in [0.2, 0.25) is 12.7 Å². The van der Waals surface area contributed by atoms with Crippen molar-refractivity contribution >= 4 is 29.6 Å². The van der Waals surface area contributed by atoms with Crippen LogP contribution in [0.25, 0.3) is 0 Å². The molecule has 1 N–H and O–H groups in total. The number of thioether (sulfide) groups is 1. The molecule has 1 amide bonds. The van der Waals surface area contributed by atoms with Crippen LogP contribution in [-0.2, 0) is 30.3 Å². The van der Waals surface area contributed by atoms with Crippen LogP contribution in [0.4, 0.5) is 0 Å². The topological polar surface area (TPSA) is 158 Å². The second-order valence-electron chi connectivity index (χ2n) is 13.2. The van der Waals surface area contributed by atoms with Gasteiger partial charge in [-0.15, -0.1) is 11.8 Å². The molecule has 7 atom stereocenters. The van der Waals surface area contributed by atoms with Crippen molar-refractivity contribution in [2.45, 2.75) is 75.6 Å². The maximum absolute atomic E-state index is 13.5. The van der Waals surface area contributed by atoms with Crippen molar-refractivity contribution in [3.8, 4) is 34.8 Å². The highest BCUT2D eigenvalue weighted by Gasteiger charge is 2.61. The number of methoxy groups -OCH3 is 2. The van der Waals surface area contributed by atoms with E-state index in [0.717, 1.165) is 16.7 Å². The quantitative estimate of drug-likeness (QED) is 0.265. The number of hydrogen-bond acceptors (Lipinski definition) is 14. The molecule has 5 aliphatic rings. The number of piperazine rings is 1. The monoisotopic (exact) mass is 708 g/mol. The molecule has 2 saturated heterocycles. The first-order valence-corrected chi connectivity index (χ1v) is 17.5. The van der Waals surface area contributed by atoms with E-state index in [1.165, 1.54) is 25.6 Å². The van der Waals surface area contributed by atoms with Crippen molar-refractivity contribution in [3.63, 3.8) is 0 Å². The molecular formula is C35H40N4O10S. The van der Waals surface area contributed by atoms with Crippen molar-refractivity contribution in [1.29, 1.82) is 5.26 Å². The van der Waals surface area contributed by atoms with Crippen molar-refractivity contribution in [2.24, 2.45) is 0 Å². The van der Waals surface area contributed by atoms with Gasteiger partial charge in [-0.1, -0.05) is 6.07 Å². The van der Waals surface area contributed by atoms with E-state index in [0.29, 0.717) is 51.9 Å². The summed E-state index contributed by atoms with van der Waals surface area (Å²) >= 11 is 1.43. The summed E-state index contributed by atoms with van der Waals surface area (Å²) in [6.45, 7) is 6.26. The first kappa shape index (κ1) is 34.2. The Bertz CT molecular complexity index is 1810. The lowest BCUT2D eigenvalue weighted by atomic mass is 9.71. The Morgan fingerprint density at radius 3 is 2.52 bits per heavy atom. The van der Waals surface area contributed by atoms with Gasteiger partial charge in [0.1, 0.15) is 24.4 Å². The van der Waals surface area contributed by atoms with Crippen LogP contribution in [0.5, 0.6) is 28.7 Å². The molecule has 50 heavy (non-hydrogen) atoms. The van der Waals surface area contributed by atoms with Gasteiger partial charge in [0.25, 0.3) is 0 Å². The number of rotatable bonds is 6. The smallest absolute Gasteiger partial charge is 0.329 e. The lowest BCUT2D eigenvalue weighted by Gasteiger charge is -2.61. The van der Waals surface area contributed by atoms with E-state index in [1.54, 1.807) is 14.2 Å². The first-order chi connectivity index (χ1) is 24.0. The number of carbonyl (C=O) groups is 3. The maximum Gasteiger partial charge on any atom is 0.329 e. The highest BCUT2D eigenvalue weighted by Crippen LogP contribution is 2.64. The zero-order chi connectivity index (χ0) is 35.6. The third kappa shape index (κ3) is 5.23. The third-order valence-corrected chi connectivity index (χ3v) is 11.7. The summed E-state index contributed by atoms with van der Waals surface area (Å²) in [5.74, 6) is 1.06. The van der Waals surface area contributed by atoms with Gasteiger partial charge in [-0.05, 0) is 38.4 Å². The number of esters is 2. The van der Waals surface area contributed by atoms with Crippen molar-refractivity contribution in [2.75, 3.05) is 47.2 Å². The van der Waals surface area contributed by atoms with E-state index in [1.807, 2.05) is 20.9 Å². The number of aryl methyl sites for hydroxylation is 1. The summed E-state index contributed by atoms with van der Waals surface area (Å²) in [5.41, 5.74) is 4.78. The van der Waals surface area contributed by atoms with E-state index >= 15 is 0 Å². The van der Waals surface area contributed by atoms with E-state index in [2.05, 4.69) is 27.3 Å². The normalized spacial score (nSPS) is 28.0. The minimum Gasteiger partial charge on any atom is -0.493 e. The summed E-state index contributed by atoms with van der Waals surface area (Å²) in [5, 5.41) is 13.2. The van der Waals surface area contributed by atoms with Gasteiger partial charge in [-0.25, -0.2) is 4.79 Å². The van der Waals surface area contributed by atoms with Crippen LogP contribution in [0.2, 0.25) is 0 Å². The minimum atomic E-state index is -0.941. The molecule has 2 aromatic rings. The number of nitrogens with one attached hydrogen (secondary N) is 1. The number of fused-ring (bicyclic) bond motifs is 9.